The van der Waals surface area contributed by atoms with Gasteiger partial charge in [-0.05, 0) is 12.1 Å². The number of aromatic nitrogens is 1. The van der Waals surface area contributed by atoms with E-state index >= 15 is 0 Å². The van der Waals surface area contributed by atoms with Crippen molar-refractivity contribution in [2.75, 3.05) is 18.5 Å². The average Bonchev–Trinajstić information content (AvgIpc) is 2.42. The standard InChI is InChI=1S/C9H10N2O/c1-2-7-8(10-3-1)4-9(11-7)5-12-6-9/h1-3,11H,4-6H2. The summed E-state index contributed by atoms with van der Waals surface area (Å²) in [6.45, 7) is 1.65. The molecule has 1 aromatic rings. The first-order valence-electron chi connectivity index (χ1n) is 4.18. The zero-order chi connectivity index (χ0) is 8.02. The van der Waals surface area contributed by atoms with Crippen molar-refractivity contribution in [1.82, 2.24) is 4.98 Å². The van der Waals surface area contributed by atoms with Gasteiger partial charge in [-0.1, -0.05) is 0 Å². The molecule has 0 amide bonds. The summed E-state index contributed by atoms with van der Waals surface area (Å²) in [7, 11) is 0. The molecular weight excluding hydrogens is 152 g/mol. The summed E-state index contributed by atoms with van der Waals surface area (Å²) in [4.78, 5) is 4.32. The molecule has 1 aromatic heterocycles. The molecule has 0 saturated carbocycles. The van der Waals surface area contributed by atoms with Gasteiger partial charge >= 0.3 is 0 Å². The molecule has 62 valence electrons. The Morgan fingerprint density at radius 2 is 2.42 bits per heavy atom. The summed E-state index contributed by atoms with van der Waals surface area (Å²) in [6, 6.07) is 4.04. The third kappa shape index (κ3) is 0.716. The topological polar surface area (TPSA) is 34.2 Å². The molecule has 2 aliphatic heterocycles. The summed E-state index contributed by atoms with van der Waals surface area (Å²) < 4.78 is 5.20. The Balaban J connectivity index is 1.99. The number of ether oxygens (including phenoxy) is 1. The number of hydrogen-bond donors (Lipinski definition) is 1. The highest BCUT2D eigenvalue weighted by molar-refractivity contribution is 5.56. The molecule has 0 aliphatic carbocycles. The molecule has 1 saturated heterocycles. The number of hydrogen-bond acceptors (Lipinski definition) is 3. The zero-order valence-electron chi connectivity index (χ0n) is 6.71. The van der Waals surface area contributed by atoms with Crippen molar-refractivity contribution in [3.63, 3.8) is 0 Å². The van der Waals surface area contributed by atoms with Gasteiger partial charge < -0.3 is 10.1 Å². The maximum atomic E-state index is 5.20. The van der Waals surface area contributed by atoms with Gasteiger partial charge in [0.05, 0.1) is 30.1 Å². The first kappa shape index (κ1) is 6.43. The summed E-state index contributed by atoms with van der Waals surface area (Å²) in [5.41, 5.74) is 2.55. The van der Waals surface area contributed by atoms with Crippen molar-refractivity contribution in [3.05, 3.63) is 24.0 Å². The molecule has 0 bridgehead atoms. The summed E-state index contributed by atoms with van der Waals surface area (Å²) in [6.07, 6.45) is 2.86. The summed E-state index contributed by atoms with van der Waals surface area (Å²) in [5.74, 6) is 0. The molecular formula is C9H10N2O. The van der Waals surface area contributed by atoms with Gasteiger partial charge in [0, 0.05) is 12.6 Å². The van der Waals surface area contributed by atoms with E-state index in [1.54, 1.807) is 0 Å². The summed E-state index contributed by atoms with van der Waals surface area (Å²) in [5, 5.41) is 3.46. The van der Waals surface area contributed by atoms with E-state index in [0.29, 0.717) is 0 Å². The van der Waals surface area contributed by atoms with Crippen molar-refractivity contribution in [2.45, 2.75) is 12.0 Å². The van der Waals surface area contributed by atoms with Gasteiger partial charge in [0.15, 0.2) is 0 Å². The molecule has 1 N–H and O–H groups in total. The van der Waals surface area contributed by atoms with Crippen LogP contribution in [0, 0.1) is 0 Å². The predicted octanol–water partition coefficient (Wildman–Crippen LogP) is 0.819. The fourth-order valence-corrected chi connectivity index (χ4v) is 1.87. The van der Waals surface area contributed by atoms with Gasteiger partial charge in [0.2, 0.25) is 0 Å². The van der Waals surface area contributed by atoms with E-state index < -0.39 is 0 Å². The molecule has 12 heavy (non-hydrogen) atoms. The van der Waals surface area contributed by atoms with Crippen molar-refractivity contribution in [1.29, 1.82) is 0 Å². The quantitative estimate of drug-likeness (QED) is 0.613. The number of rotatable bonds is 0. The molecule has 0 unspecified atom stereocenters. The molecule has 1 fully saturated rings. The number of fused-ring (bicyclic) bond motifs is 1. The fourth-order valence-electron chi connectivity index (χ4n) is 1.87. The lowest BCUT2D eigenvalue weighted by molar-refractivity contribution is -0.0379. The maximum Gasteiger partial charge on any atom is 0.0897 e. The van der Waals surface area contributed by atoms with Crippen LogP contribution < -0.4 is 5.32 Å². The lowest BCUT2D eigenvalue weighted by Gasteiger charge is -2.38. The molecule has 3 heteroatoms. The third-order valence-corrected chi connectivity index (χ3v) is 2.55. The molecule has 3 nitrogen and oxygen atoms in total. The van der Waals surface area contributed by atoms with Crippen molar-refractivity contribution in [3.8, 4) is 0 Å². The van der Waals surface area contributed by atoms with E-state index in [1.807, 2.05) is 12.3 Å². The second-order valence-electron chi connectivity index (χ2n) is 3.57. The number of nitrogens with zero attached hydrogens (tertiary/aromatic N) is 1. The highest BCUT2D eigenvalue weighted by atomic mass is 16.5. The molecule has 0 aromatic carbocycles. The zero-order valence-corrected chi connectivity index (χ0v) is 6.71. The van der Waals surface area contributed by atoms with E-state index in [4.69, 9.17) is 4.74 Å². The van der Waals surface area contributed by atoms with Crippen LogP contribution in [0.1, 0.15) is 5.69 Å². The Morgan fingerprint density at radius 1 is 1.50 bits per heavy atom. The monoisotopic (exact) mass is 162 g/mol. The van der Waals surface area contributed by atoms with Crippen LogP contribution in [0.3, 0.4) is 0 Å². The van der Waals surface area contributed by atoms with Crippen LogP contribution in [0.15, 0.2) is 18.3 Å². The van der Waals surface area contributed by atoms with Crippen molar-refractivity contribution >= 4 is 5.69 Å². The largest absolute Gasteiger partial charge is 0.376 e. The van der Waals surface area contributed by atoms with Crippen LogP contribution >= 0.6 is 0 Å². The van der Waals surface area contributed by atoms with Gasteiger partial charge in [-0.2, -0.15) is 0 Å². The number of anilines is 1. The minimum Gasteiger partial charge on any atom is -0.376 e. The van der Waals surface area contributed by atoms with Gasteiger partial charge in [-0.3, -0.25) is 4.98 Å². The normalized spacial score (nSPS) is 23.0. The van der Waals surface area contributed by atoms with Crippen LogP contribution in [-0.2, 0) is 11.2 Å². The van der Waals surface area contributed by atoms with Crippen LogP contribution in [0.4, 0.5) is 5.69 Å². The molecule has 0 atom stereocenters. The predicted molar refractivity (Wildman–Crippen MR) is 45.1 cm³/mol. The number of pyridine rings is 1. The Morgan fingerprint density at radius 3 is 3.08 bits per heavy atom. The molecule has 3 heterocycles. The Kier molecular flexibility index (Phi) is 1.06. The first-order chi connectivity index (χ1) is 5.88. The lowest BCUT2D eigenvalue weighted by atomic mass is 9.95. The molecule has 2 aliphatic rings. The SMILES string of the molecule is c1cnc2c(c1)NC1(COC1)C2. The van der Waals surface area contributed by atoms with Gasteiger partial charge in [-0.15, -0.1) is 0 Å². The Hall–Kier alpha value is -1.09. The van der Waals surface area contributed by atoms with Gasteiger partial charge in [0.1, 0.15) is 0 Å². The minimum atomic E-state index is 0.191. The van der Waals surface area contributed by atoms with Crippen LogP contribution in [-0.4, -0.2) is 23.7 Å². The Labute approximate surface area is 70.8 Å². The van der Waals surface area contributed by atoms with Gasteiger partial charge in [-0.25, -0.2) is 0 Å². The smallest absolute Gasteiger partial charge is 0.0897 e. The second kappa shape index (κ2) is 1.98. The Bertz CT molecular complexity index is 293. The first-order valence-corrected chi connectivity index (χ1v) is 4.18. The molecule has 1 spiro atoms. The van der Waals surface area contributed by atoms with E-state index in [-0.39, 0.29) is 5.54 Å². The number of nitrogens with one attached hydrogen (secondary N) is 1. The van der Waals surface area contributed by atoms with Crippen molar-refractivity contribution < 1.29 is 4.74 Å². The van der Waals surface area contributed by atoms with Crippen LogP contribution in [0.25, 0.3) is 0 Å². The highest BCUT2D eigenvalue weighted by Gasteiger charge is 2.43. The minimum absolute atomic E-state index is 0.191. The van der Waals surface area contributed by atoms with Crippen molar-refractivity contribution in [2.24, 2.45) is 0 Å². The summed E-state index contributed by atoms with van der Waals surface area (Å²) >= 11 is 0. The van der Waals surface area contributed by atoms with Crippen LogP contribution in [0.2, 0.25) is 0 Å². The van der Waals surface area contributed by atoms with Crippen LogP contribution in [0.5, 0.6) is 0 Å². The highest BCUT2D eigenvalue weighted by Crippen LogP contribution is 2.35. The molecule has 0 radical (unpaired) electrons. The fraction of sp³-hybridized carbons (Fsp3) is 0.444. The third-order valence-electron chi connectivity index (χ3n) is 2.55. The van der Waals surface area contributed by atoms with E-state index in [1.165, 1.54) is 11.4 Å². The maximum absolute atomic E-state index is 5.20. The second-order valence-corrected chi connectivity index (χ2v) is 3.57. The average molecular weight is 162 g/mol. The van der Waals surface area contributed by atoms with E-state index in [0.717, 1.165) is 19.6 Å². The van der Waals surface area contributed by atoms with Gasteiger partial charge in [0.25, 0.3) is 0 Å². The lowest BCUT2D eigenvalue weighted by Crippen LogP contribution is -2.54. The van der Waals surface area contributed by atoms with E-state index in [9.17, 15) is 0 Å². The molecule has 3 rings (SSSR count). The van der Waals surface area contributed by atoms with E-state index in [2.05, 4.69) is 16.4 Å².